The van der Waals surface area contributed by atoms with Gasteiger partial charge in [0.1, 0.15) is 17.4 Å². The lowest BCUT2D eigenvalue weighted by Gasteiger charge is -2.12. The van der Waals surface area contributed by atoms with Crippen LogP contribution in [0.3, 0.4) is 0 Å². The maximum Gasteiger partial charge on any atom is 0.184 e. The molecule has 0 aliphatic carbocycles. The summed E-state index contributed by atoms with van der Waals surface area (Å²) in [5.74, 6) is 1.28. The van der Waals surface area contributed by atoms with Gasteiger partial charge in [0.2, 0.25) is 0 Å². The highest BCUT2D eigenvalue weighted by Crippen LogP contribution is 2.26. The molecule has 0 aliphatic rings. The summed E-state index contributed by atoms with van der Waals surface area (Å²) in [6.45, 7) is 6.04. The molecule has 96 valence electrons. The number of H-pyrrole nitrogens is 1. The number of benzene rings is 1. The van der Waals surface area contributed by atoms with Crippen molar-refractivity contribution in [3.05, 3.63) is 29.8 Å². The maximum atomic E-state index is 13.7. The average Bonchev–Trinajstić information content (AvgIpc) is 2.78. The van der Waals surface area contributed by atoms with Crippen LogP contribution in [0.5, 0.6) is 5.75 Å². The molecule has 5 heteroatoms. The summed E-state index contributed by atoms with van der Waals surface area (Å²) in [7, 11) is 1.54. The fraction of sp³-hybridized carbons (Fsp3) is 0.385. The van der Waals surface area contributed by atoms with Gasteiger partial charge in [-0.15, -0.1) is 0 Å². The molecule has 0 aliphatic heterocycles. The molecule has 0 spiro atoms. The lowest BCUT2D eigenvalue weighted by Crippen LogP contribution is -2.13. The van der Waals surface area contributed by atoms with Crippen LogP contribution in [0.25, 0.3) is 11.4 Å². The van der Waals surface area contributed by atoms with Gasteiger partial charge in [0.05, 0.1) is 12.7 Å². The summed E-state index contributed by atoms with van der Waals surface area (Å²) in [5, 5.41) is 6.90. The number of hydrogen-bond donors (Lipinski definition) is 1. The molecule has 0 amide bonds. The van der Waals surface area contributed by atoms with Crippen molar-refractivity contribution >= 4 is 0 Å². The predicted octanol–water partition coefficient (Wildman–Crippen LogP) is 2.92. The van der Waals surface area contributed by atoms with E-state index in [4.69, 9.17) is 4.74 Å². The molecule has 0 saturated carbocycles. The predicted molar refractivity (Wildman–Crippen MR) is 67.0 cm³/mol. The monoisotopic (exact) mass is 249 g/mol. The molecule has 2 rings (SSSR count). The molecule has 2 aromatic rings. The van der Waals surface area contributed by atoms with Crippen molar-refractivity contribution in [3.8, 4) is 17.1 Å². The molecule has 0 fully saturated rings. The van der Waals surface area contributed by atoms with Gasteiger partial charge in [-0.1, -0.05) is 20.8 Å². The molecular formula is C13H16FN3O. The number of hydrogen-bond acceptors (Lipinski definition) is 3. The van der Waals surface area contributed by atoms with Crippen molar-refractivity contribution in [1.82, 2.24) is 15.2 Å². The first kappa shape index (κ1) is 12.5. The van der Waals surface area contributed by atoms with Crippen molar-refractivity contribution in [2.24, 2.45) is 0 Å². The summed E-state index contributed by atoms with van der Waals surface area (Å²) in [4.78, 5) is 4.33. The van der Waals surface area contributed by atoms with E-state index in [1.165, 1.54) is 13.2 Å². The quantitative estimate of drug-likeness (QED) is 0.890. The van der Waals surface area contributed by atoms with Crippen LogP contribution in [0.1, 0.15) is 26.6 Å². The first-order chi connectivity index (χ1) is 8.41. The van der Waals surface area contributed by atoms with Gasteiger partial charge in [0.25, 0.3) is 0 Å². The molecule has 18 heavy (non-hydrogen) atoms. The van der Waals surface area contributed by atoms with Crippen LogP contribution in [0.15, 0.2) is 18.2 Å². The fourth-order valence-electron chi connectivity index (χ4n) is 1.52. The maximum absolute atomic E-state index is 13.7. The van der Waals surface area contributed by atoms with Gasteiger partial charge in [0.15, 0.2) is 5.82 Å². The summed E-state index contributed by atoms with van der Waals surface area (Å²) in [6.07, 6.45) is 0. The topological polar surface area (TPSA) is 50.8 Å². The molecule has 0 radical (unpaired) electrons. The Hall–Kier alpha value is -1.91. The Kier molecular flexibility index (Phi) is 3.07. The molecule has 1 aromatic carbocycles. The Morgan fingerprint density at radius 1 is 1.28 bits per heavy atom. The van der Waals surface area contributed by atoms with Gasteiger partial charge in [-0.3, -0.25) is 5.10 Å². The summed E-state index contributed by atoms with van der Waals surface area (Å²) in [6, 6.07) is 4.50. The van der Waals surface area contributed by atoms with Crippen molar-refractivity contribution in [2.45, 2.75) is 26.2 Å². The van der Waals surface area contributed by atoms with Gasteiger partial charge in [-0.2, -0.15) is 5.10 Å². The number of ether oxygens (including phenoxy) is 1. The van der Waals surface area contributed by atoms with E-state index >= 15 is 0 Å². The van der Waals surface area contributed by atoms with Gasteiger partial charge >= 0.3 is 0 Å². The van der Waals surface area contributed by atoms with Crippen LogP contribution in [0.4, 0.5) is 4.39 Å². The molecular weight excluding hydrogens is 233 g/mol. The third-order valence-corrected chi connectivity index (χ3v) is 2.61. The zero-order valence-corrected chi connectivity index (χ0v) is 10.9. The third kappa shape index (κ3) is 2.34. The number of rotatable bonds is 2. The molecule has 0 bridgehead atoms. The minimum absolute atomic E-state index is 0.152. The first-order valence-electron chi connectivity index (χ1n) is 5.68. The molecule has 0 unspecified atom stereocenters. The summed E-state index contributed by atoms with van der Waals surface area (Å²) >= 11 is 0. The van der Waals surface area contributed by atoms with Crippen molar-refractivity contribution in [2.75, 3.05) is 7.11 Å². The molecule has 0 atom stereocenters. The number of methoxy groups -OCH3 is 1. The Labute approximate surface area is 105 Å². The number of aromatic nitrogens is 3. The van der Waals surface area contributed by atoms with Crippen molar-refractivity contribution in [3.63, 3.8) is 0 Å². The molecule has 1 aromatic heterocycles. The second-order valence-corrected chi connectivity index (χ2v) is 5.10. The first-order valence-corrected chi connectivity index (χ1v) is 5.68. The molecule has 4 nitrogen and oxygen atoms in total. The molecule has 0 saturated heterocycles. The van der Waals surface area contributed by atoms with Crippen LogP contribution in [-0.4, -0.2) is 22.3 Å². The van der Waals surface area contributed by atoms with E-state index < -0.39 is 0 Å². The minimum atomic E-state index is -0.366. The van der Waals surface area contributed by atoms with Gasteiger partial charge in [-0.05, 0) is 18.2 Å². The average molecular weight is 249 g/mol. The van der Waals surface area contributed by atoms with E-state index in [1.807, 2.05) is 20.8 Å². The Morgan fingerprint density at radius 3 is 2.56 bits per heavy atom. The second kappa shape index (κ2) is 4.40. The zero-order chi connectivity index (χ0) is 13.3. The minimum Gasteiger partial charge on any atom is -0.497 e. The van der Waals surface area contributed by atoms with Crippen molar-refractivity contribution in [1.29, 1.82) is 0 Å². The van der Waals surface area contributed by atoms with Crippen LogP contribution < -0.4 is 4.74 Å². The molecule has 1 N–H and O–H groups in total. The van der Waals surface area contributed by atoms with Crippen LogP contribution >= 0.6 is 0 Å². The smallest absolute Gasteiger partial charge is 0.184 e. The van der Waals surface area contributed by atoms with Crippen molar-refractivity contribution < 1.29 is 9.13 Å². The van der Waals surface area contributed by atoms with E-state index in [0.29, 0.717) is 17.1 Å². The summed E-state index contributed by atoms with van der Waals surface area (Å²) < 4.78 is 18.8. The lowest BCUT2D eigenvalue weighted by atomic mass is 9.96. The van der Waals surface area contributed by atoms with E-state index in [1.54, 1.807) is 12.1 Å². The second-order valence-electron chi connectivity index (χ2n) is 5.10. The van der Waals surface area contributed by atoms with Gasteiger partial charge in [0, 0.05) is 5.41 Å². The lowest BCUT2D eigenvalue weighted by molar-refractivity contribution is 0.414. The highest BCUT2D eigenvalue weighted by molar-refractivity contribution is 5.58. The third-order valence-electron chi connectivity index (χ3n) is 2.61. The number of aromatic amines is 1. The van der Waals surface area contributed by atoms with Crippen LogP contribution in [-0.2, 0) is 5.41 Å². The Morgan fingerprint density at radius 2 is 2.00 bits per heavy atom. The largest absolute Gasteiger partial charge is 0.497 e. The SMILES string of the molecule is COc1ccc(F)c(-c2n[nH]c(C(C)(C)C)n2)c1. The Bertz CT molecular complexity index is 558. The van der Waals surface area contributed by atoms with Crippen LogP contribution in [0.2, 0.25) is 0 Å². The highest BCUT2D eigenvalue weighted by atomic mass is 19.1. The van der Waals surface area contributed by atoms with E-state index in [9.17, 15) is 4.39 Å². The van der Waals surface area contributed by atoms with E-state index in [-0.39, 0.29) is 11.2 Å². The van der Waals surface area contributed by atoms with Crippen LogP contribution in [0, 0.1) is 5.82 Å². The fourth-order valence-corrected chi connectivity index (χ4v) is 1.52. The van der Waals surface area contributed by atoms with E-state index in [2.05, 4.69) is 15.2 Å². The standard InChI is InChI=1S/C13H16FN3O/c1-13(2,3)12-15-11(16-17-12)9-7-8(18-4)5-6-10(9)14/h5-7H,1-4H3,(H,15,16,17). The Balaban J connectivity index is 2.45. The molecule has 1 heterocycles. The number of halogens is 1. The van der Waals surface area contributed by atoms with E-state index in [0.717, 1.165) is 5.82 Å². The number of nitrogens with zero attached hydrogens (tertiary/aromatic N) is 2. The normalized spacial score (nSPS) is 11.6. The number of nitrogens with one attached hydrogen (secondary N) is 1. The van der Waals surface area contributed by atoms with Gasteiger partial charge in [-0.25, -0.2) is 9.37 Å². The zero-order valence-electron chi connectivity index (χ0n) is 10.9. The van der Waals surface area contributed by atoms with Gasteiger partial charge < -0.3 is 4.74 Å². The highest BCUT2D eigenvalue weighted by Gasteiger charge is 2.20. The summed E-state index contributed by atoms with van der Waals surface area (Å²) in [5.41, 5.74) is 0.182.